The molecule has 1 aromatic carbocycles. The maximum Gasteiger partial charge on any atom is 0.197 e. The van der Waals surface area contributed by atoms with E-state index in [2.05, 4.69) is 4.98 Å². The Kier molecular flexibility index (Phi) is 3.16. The summed E-state index contributed by atoms with van der Waals surface area (Å²) in [5.41, 5.74) is 1.51. The molecule has 3 rings (SSSR count). The zero-order valence-corrected chi connectivity index (χ0v) is 11.1. The van der Waals surface area contributed by atoms with Crippen LogP contribution in [0.1, 0.15) is 0 Å². The van der Waals surface area contributed by atoms with Gasteiger partial charge in [0.05, 0.1) is 20.5 Å². The predicted octanol–water partition coefficient (Wildman–Crippen LogP) is 3.62. The average Bonchev–Trinajstić information content (AvgIpc) is 3.16. The van der Waals surface area contributed by atoms with Crippen LogP contribution in [0, 0.1) is 0 Å². The number of benzene rings is 1. The Labute approximate surface area is 115 Å². The molecule has 5 heteroatoms. The third-order valence-electron chi connectivity index (χ3n) is 2.94. The van der Waals surface area contributed by atoms with Crippen LogP contribution in [-0.4, -0.2) is 19.2 Å². The summed E-state index contributed by atoms with van der Waals surface area (Å²) in [4.78, 5) is 4.26. The SMILES string of the molecule is COc1cc(OC)cc(-c2ncoc2-c2ccco2)c1. The van der Waals surface area contributed by atoms with Crippen molar-refractivity contribution in [1.82, 2.24) is 4.98 Å². The van der Waals surface area contributed by atoms with E-state index < -0.39 is 0 Å². The zero-order chi connectivity index (χ0) is 13.9. The second kappa shape index (κ2) is 5.13. The molecule has 5 nitrogen and oxygen atoms in total. The number of ether oxygens (including phenoxy) is 2. The zero-order valence-electron chi connectivity index (χ0n) is 11.1. The van der Waals surface area contributed by atoms with Gasteiger partial charge in [0.25, 0.3) is 0 Å². The van der Waals surface area contributed by atoms with Crippen molar-refractivity contribution in [3.8, 4) is 34.3 Å². The smallest absolute Gasteiger partial charge is 0.197 e. The monoisotopic (exact) mass is 271 g/mol. The van der Waals surface area contributed by atoms with Gasteiger partial charge in [0.1, 0.15) is 17.2 Å². The van der Waals surface area contributed by atoms with Gasteiger partial charge in [-0.25, -0.2) is 4.98 Å². The van der Waals surface area contributed by atoms with E-state index >= 15 is 0 Å². The lowest BCUT2D eigenvalue weighted by atomic mass is 10.1. The van der Waals surface area contributed by atoms with E-state index in [1.165, 1.54) is 6.39 Å². The second-order valence-electron chi connectivity index (χ2n) is 4.11. The van der Waals surface area contributed by atoms with E-state index in [1.54, 1.807) is 32.6 Å². The van der Waals surface area contributed by atoms with Gasteiger partial charge in [0.15, 0.2) is 17.9 Å². The van der Waals surface area contributed by atoms with Crippen LogP contribution in [0.25, 0.3) is 22.8 Å². The van der Waals surface area contributed by atoms with E-state index in [4.69, 9.17) is 18.3 Å². The van der Waals surface area contributed by atoms with Crippen LogP contribution in [-0.2, 0) is 0 Å². The Morgan fingerprint density at radius 3 is 2.35 bits per heavy atom. The van der Waals surface area contributed by atoms with Gasteiger partial charge in [-0.2, -0.15) is 0 Å². The van der Waals surface area contributed by atoms with E-state index in [-0.39, 0.29) is 0 Å². The molecule has 0 aliphatic rings. The van der Waals surface area contributed by atoms with Gasteiger partial charge in [-0.1, -0.05) is 0 Å². The fourth-order valence-corrected chi connectivity index (χ4v) is 1.98. The molecule has 0 saturated heterocycles. The first-order chi connectivity index (χ1) is 9.81. The molecule has 2 heterocycles. The predicted molar refractivity (Wildman–Crippen MR) is 72.7 cm³/mol. The van der Waals surface area contributed by atoms with Gasteiger partial charge < -0.3 is 18.3 Å². The summed E-state index contributed by atoms with van der Waals surface area (Å²) in [6, 6.07) is 9.16. The summed E-state index contributed by atoms with van der Waals surface area (Å²) in [6.07, 6.45) is 2.98. The average molecular weight is 271 g/mol. The first-order valence-corrected chi connectivity index (χ1v) is 6.02. The van der Waals surface area contributed by atoms with Gasteiger partial charge in [0.2, 0.25) is 0 Å². The number of hydrogen-bond acceptors (Lipinski definition) is 5. The summed E-state index contributed by atoms with van der Waals surface area (Å²) >= 11 is 0. The first-order valence-electron chi connectivity index (χ1n) is 6.02. The van der Waals surface area contributed by atoms with E-state index in [0.29, 0.717) is 28.7 Å². The number of hydrogen-bond donors (Lipinski definition) is 0. The van der Waals surface area contributed by atoms with Crippen LogP contribution in [0.3, 0.4) is 0 Å². The first kappa shape index (κ1) is 12.3. The summed E-state index contributed by atoms with van der Waals surface area (Å²) in [6.45, 7) is 0. The molecule has 102 valence electrons. The van der Waals surface area contributed by atoms with E-state index in [9.17, 15) is 0 Å². The highest BCUT2D eigenvalue weighted by molar-refractivity contribution is 5.75. The Morgan fingerprint density at radius 2 is 1.75 bits per heavy atom. The number of methoxy groups -OCH3 is 2. The molecule has 2 aromatic heterocycles. The number of oxazole rings is 1. The van der Waals surface area contributed by atoms with Gasteiger partial charge in [0, 0.05) is 11.6 Å². The number of nitrogens with zero attached hydrogens (tertiary/aromatic N) is 1. The van der Waals surface area contributed by atoms with Crippen LogP contribution in [0.15, 0.2) is 51.8 Å². The van der Waals surface area contributed by atoms with Crippen LogP contribution in [0.4, 0.5) is 0 Å². The third-order valence-corrected chi connectivity index (χ3v) is 2.94. The van der Waals surface area contributed by atoms with Gasteiger partial charge in [-0.05, 0) is 24.3 Å². The topological polar surface area (TPSA) is 57.6 Å². The maximum absolute atomic E-state index is 5.42. The van der Waals surface area contributed by atoms with Gasteiger partial charge >= 0.3 is 0 Å². The lowest BCUT2D eigenvalue weighted by Crippen LogP contribution is -1.89. The molecule has 0 spiro atoms. The van der Waals surface area contributed by atoms with Crippen LogP contribution < -0.4 is 9.47 Å². The minimum atomic E-state index is 0.574. The van der Waals surface area contributed by atoms with Crippen LogP contribution in [0.5, 0.6) is 11.5 Å². The highest BCUT2D eigenvalue weighted by Crippen LogP contribution is 2.35. The Morgan fingerprint density at radius 1 is 1.00 bits per heavy atom. The number of furan rings is 1. The van der Waals surface area contributed by atoms with E-state index in [1.807, 2.05) is 18.2 Å². The Balaban J connectivity index is 2.12. The Bertz CT molecular complexity index is 678. The minimum absolute atomic E-state index is 0.574. The van der Waals surface area contributed by atoms with Crippen molar-refractivity contribution in [1.29, 1.82) is 0 Å². The van der Waals surface area contributed by atoms with Crippen molar-refractivity contribution in [2.24, 2.45) is 0 Å². The molecule has 0 radical (unpaired) electrons. The lowest BCUT2D eigenvalue weighted by Gasteiger charge is -2.07. The highest BCUT2D eigenvalue weighted by atomic mass is 16.5. The summed E-state index contributed by atoms with van der Waals surface area (Å²) in [7, 11) is 3.21. The molecule has 0 bridgehead atoms. The minimum Gasteiger partial charge on any atom is -0.497 e. The molecule has 0 atom stereocenters. The largest absolute Gasteiger partial charge is 0.497 e. The molecule has 0 saturated carbocycles. The van der Waals surface area contributed by atoms with Crippen molar-refractivity contribution >= 4 is 0 Å². The van der Waals surface area contributed by atoms with Crippen molar-refractivity contribution in [2.75, 3.05) is 14.2 Å². The third kappa shape index (κ3) is 2.14. The standard InChI is InChI=1S/C15H13NO4/c1-17-11-6-10(7-12(8-11)18-2)14-15(20-9-16-14)13-4-3-5-19-13/h3-9H,1-2H3. The molecule has 0 aliphatic carbocycles. The molecule has 0 amide bonds. The molecule has 0 unspecified atom stereocenters. The summed E-state index contributed by atoms with van der Waals surface area (Å²) in [5.74, 6) is 2.57. The number of rotatable bonds is 4. The fraction of sp³-hybridized carbons (Fsp3) is 0.133. The van der Waals surface area contributed by atoms with Crippen molar-refractivity contribution < 1.29 is 18.3 Å². The molecular formula is C15H13NO4. The fourth-order valence-electron chi connectivity index (χ4n) is 1.98. The summed E-state index contributed by atoms with van der Waals surface area (Å²) < 4.78 is 21.3. The van der Waals surface area contributed by atoms with Gasteiger partial charge in [-0.3, -0.25) is 0 Å². The molecule has 20 heavy (non-hydrogen) atoms. The van der Waals surface area contributed by atoms with Crippen molar-refractivity contribution in [2.45, 2.75) is 0 Å². The molecule has 0 N–H and O–H groups in total. The maximum atomic E-state index is 5.42. The summed E-state index contributed by atoms with van der Waals surface area (Å²) in [5, 5.41) is 0. The molecular weight excluding hydrogens is 258 g/mol. The van der Waals surface area contributed by atoms with Gasteiger partial charge in [-0.15, -0.1) is 0 Å². The quantitative estimate of drug-likeness (QED) is 0.725. The lowest BCUT2D eigenvalue weighted by molar-refractivity contribution is 0.394. The van der Waals surface area contributed by atoms with E-state index in [0.717, 1.165) is 5.56 Å². The second-order valence-corrected chi connectivity index (χ2v) is 4.11. The van der Waals surface area contributed by atoms with Crippen molar-refractivity contribution in [3.05, 3.63) is 43.0 Å². The molecule has 0 aliphatic heterocycles. The number of aromatic nitrogens is 1. The molecule has 0 fully saturated rings. The molecule has 3 aromatic rings. The Hall–Kier alpha value is -2.69. The normalized spacial score (nSPS) is 10.5. The highest BCUT2D eigenvalue weighted by Gasteiger charge is 2.16. The van der Waals surface area contributed by atoms with Crippen LogP contribution >= 0.6 is 0 Å². The van der Waals surface area contributed by atoms with Crippen molar-refractivity contribution in [3.63, 3.8) is 0 Å². The van der Waals surface area contributed by atoms with Crippen LogP contribution in [0.2, 0.25) is 0 Å².